The summed E-state index contributed by atoms with van der Waals surface area (Å²) in [5, 5.41) is 0. The summed E-state index contributed by atoms with van der Waals surface area (Å²) in [6, 6.07) is 9.93. The van der Waals surface area contributed by atoms with Crippen LogP contribution in [0.5, 0.6) is 5.75 Å². The molecule has 1 heterocycles. The molecule has 1 unspecified atom stereocenters. The molecule has 1 saturated heterocycles. The monoisotopic (exact) mass is 220 g/mol. The maximum absolute atomic E-state index is 6.03. The molecule has 2 rings (SSSR count). The molecule has 1 aliphatic heterocycles. The molecule has 0 aliphatic carbocycles. The Labute approximate surface area is 97.2 Å². The summed E-state index contributed by atoms with van der Waals surface area (Å²) in [5.74, 6) is 0.938. The van der Waals surface area contributed by atoms with Crippen LogP contribution in [0.1, 0.15) is 19.3 Å². The molecule has 2 N–H and O–H groups in total. The van der Waals surface area contributed by atoms with Gasteiger partial charge in [0.1, 0.15) is 12.4 Å². The van der Waals surface area contributed by atoms with Gasteiger partial charge in [-0.3, -0.25) is 4.90 Å². The number of nitrogens with two attached hydrogens (primary N) is 1. The number of ether oxygens (including phenoxy) is 1. The molecule has 3 heteroatoms. The normalized spacial score (nSPS) is 21.9. The van der Waals surface area contributed by atoms with Crippen LogP contribution in [0, 0.1) is 0 Å². The zero-order chi connectivity index (χ0) is 11.2. The van der Waals surface area contributed by atoms with Crippen molar-refractivity contribution < 1.29 is 4.74 Å². The second-order valence-electron chi connectivity index (χ2n) is 4.26. The van der Waals surface area contributed by atoms with E-state index in [0.717, 1.165) is 31.9 Å². The highest BCUT2D eigenvalue weighted by Gasteiger charge is 2.17. The highest BCUT2D eigenvalue weighted by atomic mass is 16.5. The van der Waals surface area contributed by atoms with Gasteiger partial charge in [0.15, 0.2) is 0 Å². The van der Waals surface area contributed by atoms with Crippen LogP contribution >= 0.6 is 0 Å². The third-order valence-corrected chi connectivity index (χ3v) is 3.05. The third-order valence-electron chi connectivity index (χ3n) is 3.05. The fourth-order valence-electron chi connectivity index (χ4n) is 2.09. The van der Waals surface area contributed by atoms with Crippen LogP contribution in [0.4, 0.5) is 0 Å². The molecule has 1 aromatic rings. The molecular formula is C13H20N2O. The Balaban J connectivity index is 1.71. The van der Waals surface area contributed by atoms with Crippen LogP contribution in [0.25, 0.3) is 0 Å². The molecule has 1 atom stereocenters. The van der Waals surface area contributed by atoms with E-state index in [9.17, 15) is 0 Å². The first-order valence-electron chi connectivity index (χ1n) is 6.04. The van der Waals surface area contributed by atoms with E-state index in [1.54, 1.807) is 0 Å². The molecule has 88 valence electrons. The van der Waals surface area contributed by atoms with Gasteiger partial charge >= 0.3 is 0 Å². The molecule has 0 bridgehead atoms. The SMILES string of the molecule is NC1CCCCN1CCOc1ccccc1. The third kappa shape index (κ3) is 3.22. The zero-order valence-electron chi connectivity index (χ0n) is 9.64. The maximum Gasteiger partial charge on any atom is 0.119 e. The van der Waals surface area contributed by atoms with Crippen molar-refractivity contribution in [2.75, 3.05) is 19.7 Å². The Morgan fingerprint density at radius 3 is 2.81 bits per heavy atom. The van der Waals surface area contributed by atoms with Crippen LogP contribution in [0.3, 0.4) is 0 Å². The van der Waals surface area contributed by atoms with Crippen molar-refractivity contribution in [2.45, 2.75) is 25.4 Å². The quantitative estimate of drug-likeness (QED) is 0.841. The van der Waals surface area contributed by atoms with Gasteiger partial charge in [0, 0.05) is 6.54 Å². The van der Waals surface area contributed by atoms with Crippen LogP contribution in [0.2, 0.25) is 0 Å². The van der Waals surface area contributed by atoms with E-state index in [0.29, 0.717) is 0 Å². The first-order chi connectivity index (χ1) is 7.86. The first-order valence-corrected chi connectivity index (χ1v) is 6.04. The zero-order valence-corrected chi connectivity index (χ0v) is 9.64. The molecule has 0 amide bonds. The Hall–Kier alpha value is -1.06. The van der Waals surface area contributed by atoms with E-state index in [1.165, 1.54) is 12.8 Å². The summed E-state index contributed by atoms with van der Waals surface area (Å²) in [7, 11) is 0. The van der Waals surface area contributed by atoms with Gasteiger partial charge in [-0.2, -0.15) is 0 Å². The van der Waals surface area contributed by atoms with E-state index in [-0.39, 0.29) is 6.17 Å². The Bertz CT molecular complexity index is 302. The van der Waals surface area contributed by atoms with Crippen molar-refractivity contribution >= 4 is 0 Å². The van der Waals surface area contributed by atoms with Crippen molar-refractivity contribution in [1.82, 2.24) is 4.90 Å². The number of benzene rings is 1. The van der Waals surface area contributed by atoms with Gasteiger partial charge in [0.05, 0.1) is 6.17 Å². The van der Waals surface area contributed by atoms with Gasteiger partial charge in [0.25, 0.3) is 0 Å². The average molecular weight is 220 g/mol. The minimum atomic E-state index is 0.230. The predicted molar refractivity (Wildman–Crippen MR) is 65.3 cm³/mol. The molecule has 1 aromatic carbocycles. The molecule has 0 radical (unpaired) electrons. The van der Waals surface area contributed by atoms with Gasteiger partial charge in [-0.25, -0.2) is 0 Å². The highest BCUT2D eigenvalue weighted by Crippen LogP contribution is 2.13. The Kier molecular flexibility index (Phi) is 4.19. The average Bonchev–Trinajstić information content (AvgIpc) is 2.33. The summed E-state index contributed by atoms with van der Waals surface area (Å²) < 4.78 is 5.66. The Morgan fingerprint density at radius 2 is 2.06 bits per heavy atom. The van der Waals surface area contributed by atoms with Crippen LogP contribution < -0.4 is 10.5 Å². The van der Waals surface area contributed by atoms with Gasteiger partial charge in [-0.05, 0) is 37.9 Å². The van der Waals surface area contributed by atoms with Crippen molar-refractivity contribution in [2.24, 2.45) is 5.73 Å². The second kappa shape index (κ2) is 5.87. The van der Waals surface area contributed by atoms with E-state index in [2.05, 4.69) is 4.90 Å². The first kappa shape index (κ1) is 11.4. The Morgan fingerprint density at radius 1 is 1.25 bits per heavy atom. The minimum Gasteiger partial charge on any atom is -0.492 e. The lowest BCUT2D eigenvalue weighted by atomic mass is 10.1. The number of likely N-dealkylation sites (tertiary alicyclic amines) is 1. The van der Waals surface area contributed by atoms with Gasteiger partial charge in [0.2, 0.25) is 0 Å². The van der Waals surface area contributed by atoms with Crippen molar-refractivity contribution in [1.29, 1.82) is 0 Å². The number of nitrogens with zero attached hydrogens (tertiary/aromatic N) is 1. The second-order valence-corrected chi connectivity index (χ2v) is 4.26. The van der Waals surface area contributed by atoms with Gasteiger partial charge < -0.3 is 10.5 Å². The fraction of sp³-hybridized carbons (Fsp3) is 0.538. The van der Waals surface area contributed by atoms with Crippen LogP contribution in [-0.2, 0) is 0 Å². The largest absolute Gasteiger partial charge is 0.492 e. The van der Waals surface area contributed by atoms with E-state index in [4.69, 9.17) is 10.5 Å². The molecule has 0 spiro atoms. The van der Waals surface area contributed by atoms with Gasteiger partial charge in [-0.15, -0.1) is 0 Å². The lowest BCUT2D eigenvalue weighted by molar-refractivity contribution is 0.126. The van der Waals surface area contributed by atoms with E-state index in [1.807, 2.05) is 30.3 Å². The van der Waals surface area contributed by atoms with Crippen LogP contribution in [-0.4, -0.2) is 30.8 Å². The summed E-state index contributed by atoms with van der Waals surface area (Å²) in [6.45, 7) is 2.76. The lowest BCUT2D eigenvalue weighted by Crippen LogP contribution is -2.46. The number of para-hydroxylation sites is 1. The maximum atomic E-state index is 6.03. The van der Waals surface area contributed by atoms with Crippen molar-refractivity contribution in [3.8, 4) is 5.75 Å². The van der Waals surface area contributed by atoms with Crippen molar-refractivity contribution in [3.63, 3.8) is 0 Å². The highest BCUT2D eigenvalue weighted by molar-refractivity contribution is 5.20. The lowest BCUT2D eigenvalue weighted by Gasteiger charge is -2.32. The minimum absolute atomic E-state index is 0.230. The van der Waals surface area contributed by atoms with Crippen LogP contribution in [0.15, 0.2) is 30.3 Å². The van der Waals surface area contributed by atoms with Crippen molar-refractivity contribution in [3.05, 3.63) is 30.3 Å². The molecule has 1 aliphatic rings. The predicted octanol–water partition coefficient (Wildman–Crippen LogP) is 1.84. The standard InChI is InChI=1S/C13H20N2O/c14-13-8-4-5-9-15(13)10-11-16-12-6-2-1-3-7-12/h1-3,6-7,13H,4-5,8-11,14H2. The fourth-order valence-corrected chi connectivity index (χ4v) is 2.09. The topological polar surface area (TPSA) is 38.5 Å². The summed E-state index contributed by atoms with van der Waals surface area (Å²) >= 11 is 0. The van der Waals surface area contributed by atoms with E-state index < -0.39 is 0 Å². The van der Waals surface area contributed by atoms with Gasteiger partial charge in [-0.1, -0.05) is 18.2 Å². The summed E-state index contributed by atoms with van der Waals surface area (Å²) in [5.41, 5.74) is 6.03. The molecule has 1 fully saturated rings. The smallest absolute Gasteiger partial charge is 0.119 e. The molecule has 3 nitrogen and oxygen atoms in total. The number of hydrogen-bond donors (Lipinski definition) is 1. The molecule has 16 heavy (non-hydrogen) atoms. The molecule has 0 aromatic heterocycles. The number of piperidine rings is 1. The molecular weight excluding hydrogens is 200 g/mol. The molecule has 0 saturated carbocycles. The number of hydrogen-bond acceptors (Lipinski definition) is 3. The summed E-state index contributed by atoms with van der Waals surface area (Å²) in [4.78, 5) is 2.31. The number of rotatable bonds is 4. The van der Waals surface area contributed by atoms with E-state index >= 15 is 0 Å². The summed E-state index contributed by atoms with van der Waals surface area (Å²) in [6.07, 6.45) is 3.87.